The maximum absolute atomic E-state index is 10.6. The Morgan fingerprint density at radius 1 is 1.17 bits per heavy atom. The average Bonchev–Trinajstić information content (AvgIpc) is 2.53. The third kappa shape index (κ3) is 5.04. The van der Waals surface area contributed by atoms with Gasteiger partial charge in [-0.25, -0.2) is 4.79 Å². The third-order valence-corrected chi connectivity index (χ3v) is 3.40. The van der Waals surface area contributed by atoms with Crippen LogP contribution in [0.2, 0.25) is 5.02 Å². The molecule has 0 bridgehead atoms. The fourth-order valence-electron chi connectivity index (χ4n) is 1.95. The second-order valence-corrected chi connectivity index (χ2v) is 5.10. The van der Waals surface area contributed by atoms with Crippen molar-refractivity contribution in [1.82, 2.24) is 0 Å². The highest BCUT2D eigenvalue weighted by molar-refractivity contribution is 6.31. The lowest BCUT2D eigenvalue weighted by atomic mass is 10.2. The Labute approximate surface area is 139 Å². The Bertz CT molecular complexity index is 710. The molecule has 0 atom stereocenters. The third-order valence-electron chi connectivity index (χ3n) is 3.03. The molecule has 0 heterocycles. The van der Waals surface area contributed by atoms with Gasteiger partial charge in [-0.1, -0.05) is 35.9 Å². The van der Waals surface area contributed by atoms with Crippen molar-refractivity contribution in [1.29, 1.82) is 0 Å². The molecule has 4 nitrogen and oxygen atoms in total. The minimum absolute atomic E-state index is 0.323. The van der Waals surface area contributed by atoms with Crippen LogP contribution in [0.1, 0.15) is 18.1 Å². The summed E-state index contributed by atoms with van der Waals surface area (Å²) in [4.78, 5) is 10.6. The molecule has 2 aromatic rings. The lowest BCUT2D eigenvalue weighted by molar-refractivity contribution is -0.131. The molecule has 2 rings (SSSR count). The van der Waals surface area contributed by atoms with E-state index in [1.165, 1.54) is 6.08 Å². The van der Waals surface area contributed by atoms with Gasteiger partial charge in [-0.05, 0) is 36.8 Å². The van der Waals surface area contributed by atoms with E-state index in [1.807, 2.05) is 31.2 Å². The molecule has 0 aliphatic rings. The first kappa shape index (κ1) is 16.9. The molecule has 0 saturated heterocycles. The first-order chi connectivity index (χ1) is 11.1. The number of benzene rings is 2. The van der Waals surface area contributed by atoms with Crippen LogP contribution in [-0.4, -0.2) is 17.7 Å². The van der Waals surface area contributed by atoms with Gasteiger partial charge in [0.15, 0.2) is 11.5 Å². The van der Waals surface area contributed by atoms with Gasteiger partial charge in [0.1, 0.15) is 6.61 Å². The number of halogens is 1. The Hall–Kier alpha value is -2.46. The van der Waals surface area contributed by atoms with E-state index in [-0.39, 0.29) is 0 Å². The summed E-state index contributed by atoms with van der Waals surface area (Å²) < 4.78 is 11.4. The molecule has 0 amide bonds. The van der Waals surface area contributed by atoms with E-state index >= 15 is 0 Å². The molecule has 0 aliphatic heterocycles. The molecule has 120 valence electrons. The van der Waals surface area contributed by atoms with Crippen LogP contribution < -0.4 is 9.47 Å². The standard InChI is InChI=1S/C18H17ClO4/c1-2-22-17-11-13(8-10-18(20)21)7-9-16(17)23-12-14-5-3-4-6-15(14)19/h3-11H,2,12H2,1H3,(H,20,21)/b10-8+. The smallest absolute Gasteiger partial charge is 0.328 e. The summed E-state index contributed by atoms with van der Waals surface area (Å²) in [5.74, 6) is 0.147. The van der Waals surface area contributed by atoms with Gasteiger partial charge in [0.05, 0.1) is 6.61 Å². The number of carboxylic acids is 1. The van der Waals surface area contributed by atoms with Crippen molar-refractivity contribution in [3.05, 3.63) is 64.7 Å². The number of hydrogen-bond donors (Lipinski definition) is 1. The van der Waals surface area contributed by atoms with Crippen molar-refractivity contribution < 1.29 is 19.4 Å². The van der Waals surface area contributed by atoms with Crippen LogP contribution >= 0.6 is 11.6 Å². The number of carboxylic acid groups (broad SMARTS) is 1. The predicted octanol–water partition coefficient (Wildman–Crippen LogP) is 4.42. The summed E-state index contributed by atoms with van der Waals surface area (Å²) in [6.07, 6.45) is 2.58. The summed E-state index contributed by atoms with van der Waals surface area (Å²) in [7, 11) is 0. The Balaban J connectivity index is 2.17. The Kier molecular flexibility index (Phi) is 6.06. The topological polar surface area (TPSA) is 55.8 Å². The SMILES string of the molecule is CCOc1cc(/C=C/C(=O)O)ccc1OCc1ccccc1Cl. The summed E-state index contributed by atoms with van der Waals surface area (Å²) in [5, 5.41) is 9.33. The average molecular weight is 333 g/mol. The van der Waals surface area contributed by atoms with Gasteiger partial charge >= 0.3 is 5.97 Å². The summed E-state index contributed by atoms with van der Waals surface area (Å²) in [5.41, 5.74) is 1.60. The van der Waals surface area contributed by atoms with Crippen LogP contribution in [0.4, 0.5) is 0 Å². The van der Waals surface area contributed by atoms with Gasteiger partial charge in [-0.15, -0.1) is 0 Å². The second-order valence-electron chi connectivity index (χ2n) is 4.69. The van der Waals surface area contributed by atoms with E-state index < -0.39 is 5.97 Å². The molecule has 0 aliphatic carbocycles. The molecule has 2 aromatic carbocycles. The zero-order chi connectivity index (χ0) is 16.7. The molecule has 0 spiro atoms. The Morgan fingerprint density at radius 3 is 2.65 bits per heavy atom. The number of carbonyl (C=O) groups is 1. The fraction of sp³-hybridized carbons (Fsp3) is 0.167. The quantitative estimate of drug-likeness (QED) is 0.763. The van der Waals surface area contributed by atoms with Crippen molar-refractivity contribution in [3.8, 4) is 11.5 Å². The van der Waals surface area contributed by atoms with E-state index in [2.05, 4.69) is 0 Å². The van der Waals surface area contributed by atoms with E-state index in [0.29, 0.717) is 29.7 Å². The first-order valence-corrected chi connectivity index (χ1v) is 7.52. The monoisotopic (exact) mass is 332 g/mol. The molecule has 0 aromatic heterocycles. The summed E-state index contributed by atoms with van der Waals surface area (Å²) in [6.45, 7) is 2.68. The number of ether oxygens (including phenoxy) is 2. The highest BCUT2D eigenvalue weighted by Gasteiger charge is 2.07. The molecule has 5 heteroatoms. The van der Waals surface area contributed by atoms with Crippen LogP contribution in [0.5, 0.6) is 11.5 Å². The molecule has 0 radical (unpaired) electrons. The number of rotatable bonds is 7. The van der Waals surface area contributed by atoms with Crippen LogP contribution in [0.15, 0.2) is 48.5 Å². The molecular formula is C18H17ClO4. The Morgan fingerprint density at radius 2 is 1.96 bits per heavy atom. The van der Waals surface area contributed by atoms with Crippen molar-refractivity contribution in [3.63, 3.8) is 0 Å². The minimum atomic E-state index is -0.998. The molecular weight excluding hydrogens is 316 g/mol. The second kappa shape index (κ2) is 8.25. The maximum Gasteiger partial charge on any atom is 0.328 e. The highest BCUT2D eigenvalue weighted by atomic mass is 35.5. The molecule has 0 fully saturated rings. The van der Waals surface area contributed by atoms with E-state index in [0.717, 1.165) is 17.2 Å². The largest absolute Gasteiger partial charge is 0.490 e. The minimum Gasteiger partial charge on any atom is -0.490 e. The summed E-state index contributed by atoms with van der Waals surface area (Å²) >= 11 is 6.11. The van der Waals surface area contributed by atoms with E-state index in [1.54, 1.807) is 18.2 Å². The van der Waals surface area contributed by atoms with Crippen LogP contribution in [0.25, 0.3) is 6.08 Å². The normalized spacial score (nSPS) is 10.7. The highest BCUT2D eigenvalue weighted by Crippen LogP contribution is 2.30. The van der Waals surface area contributed by atoms with Crippen LogP contribution in [0.3, 0.4) is 0 Å². The molecule has 0 unspecified atom stereocenters. The van der Waals surface area contributed by atoms with Crippen molar-refractivity contribution in [2.45, 2.75) is 13.5 Å². The zero-order valence-corrected chi connectivity index (χ0v) is 13.4. The predicted molar refractivity (Wildman–Crippen MR) is 90.1 cm³/mol. The van der Waals surface area contributed by atoms with Gasteiger partial charge in [-0.2, -0.15) is 0 Å². The van der Waals surface area contributed by atoms with Gasteiger partial charge in [0, 0.05) is 16.7 Å². The van der Waals surface area contributed by atoms with Gasteiger partial charge < -0.3 is 14.6 Å². The first-order valence-electron chi connectivity index (χ1n) is 7.14. The maximum atomic E-state index is 10.6. The van der Waals surface area contributed by atoms with Gasteiger partial charge in [0.2, 0.25) is 0 Å². The molecule has 1 N–H and O–H groups in total. The molecule has 0 saturated carbocycles. The fourth-order valence-corrected chi connectivity index (χ4v) is 2.14. The van der Waals surface area contributed by atoms with Crippen molar-refractivity contribution in [2.24, 2.45) is 0 Å². The van der Waals surface area contributed by atoms with E-state index in [4.69, 9.17) is 26.2 Å². The van der Waals surface area contributed by atoms with E-state index in [9.17, 15) is 4.79 Å². The zero-order valence-electron chi connectivity index (χ0n) is 12.7. The van der Waals surface area contributed by atoms with Crippen molar-refractivity contribution >= 4 is 23.6 Å². The van der Waals surface area contributed by atoms with Crippen molar-refractivity contribution in [2.75, 3.05) is 6.61 Å². The lowest BCUT2D eigenvalue weighted by Gasteiger charge is -2.13. The molecule has 23 heavy (non-hydrogen) atoms. The summed E-state index contributed by atoms with van der Waals surface area (Å²) in [6, 6.07) is 12.7. The van der Waals surface area contributed by atoms with Gasteiger partial charge in [-0.3, -0.25) is 0 Å². The van der Waals surface area contributed by atoms with Gasteiger partial charge in [0.25, 0.3) is 0 Å². The lowest BCUT2D eigenvalue weighted by Crippen LogP contribution is -2.00. The number of aliphatic carboxylic acids is 1. The number of hydrogen-bond acceptors (Lipinski definition) is 3. The van der Waals surface area contributed by atoms with Crippen LogP contribution in [-0.2, 0) is 11.4 Å². The van der Waals surface area contributed by atoms with Crippen LogP contribution in [0, 0.1) is 0 Å².